The monoisotopic (exact) mass is 342 g/mol. The van der Waals surface area contributed by atoms with Gasteiger partial charge in [-0.1, -0.05) is 0 Å². The Bertz CT molecular complexity index is 682. The molecule has 0 atom stereocenters. The van der Waals surface area contributed by atoms with Crippen molar-refractivity contribution in [2.24, 2.45) is 0 Å². The zero-order valence-electron chi connectivity index (χ0n) is 12.2. The van der Waals surface area contributed by atoms with Gasteiger partial charge in [0.05, 0.1) is 12.5 Å². The number of ether oxygens (including phenoxy) is 1. The lowest BCUT2D eigenvalue weighted by atomic mass is 10.2. The molecule has 2 amide bonds. The first-order valence-corrected chi connectivity index (χ1v) is 6.79. The summed E-state index contributed by atoms with van der Waals surface area (Å²) in [7, 11) is 0. The van der Waals surface area contributed by atoms with E-state index >= 15 is 0 Å². The predicted octanol–water partition coefficient (Wildman–Crippen LogP) is 2.48. The van der Waals surface area contributed by atoms with Crippen LogP contribution < -0.4 is 15.4 Å². The van der Waals surface area contributed by atoms with Gasteiger partial charge >= 0.3 is 18.2 Å². The molecule has 0 bridgehead atoms. The van der Waals surface area contributed by atoms with Crippen molar-refractivity contribution in [1.29, 1.82) is 0 Å². The summed E-state index contributed by atoms with van der Waals surface area (Å²) < 4.78 is 44.6. The van der Waals surface area contributed by atoms with Gasteiger partial charge in [0.25, 0.3) is 0 Å². The molecular weight excluding hydrogens is 329 g/mol. The molecule has 1 heterocycles. The van der Waals surface area contributed by atoms with E-state index in [1.54, 1.807) is 6.07 Å². The molecule has 0 unspecified atom stereocenters. The minimum atomic E-state index is -4.79. The Morgan fingerprint density at radius 2 is 1.79 bits per heavy atom. The fraction of sp³-hybridized carbons (Fsp3) is 0.200. The third-order valence-electron chi connectivity index (χ3n) is 2.83. The maximum Gasteiger partial charge on any atom is 0.573 e. The van der Waals surface area contributed by atoms with Gasteiger partial charge in [-0.2, -0.15) is 0 Å². The van der Waals surface area contributed by atoms with Crippen LogP contribution in [-0.4, -0.2) is 24.7 Å². The standard InChI is InChI=1S/C15H13F3N2O4/c16-15(17,18)24-12-3-1-11(2-4-12)20-14(22)13(21)19-7-5-10-6-8-23-9-10/h1-4,6,8-9H,5,7H2,(H,19,21)(H,20,22). The Labute approximate surface area is 134 Å². The number of anilines is 1. The molecule has 0 radical (unpaired) electrons. The molecule has 0 saturated heterocycles. The summed E-state index contributed by atoms with van der Waals surface area (Å²) >= 11 is 0. The number of carbonyl (C=O) groups excluding carboxylic acids is 2. The number of alkyl halides is 3. The van der Waals surface area contributed by atoms with Gasteiger partial charge in [-0.3, -0.25) is 9.59 Å². The van der Waals surface area contributed by atoms with Crippen LogP contribution in [0.25, 0.3) is 0 Å². The molecule has 0 aliphatic rings. The van der Waals surface area contributed by atoms with Crippen LogP contribution in [0.2, 0.25) is 0 Å². The predicted molar refractivity (Wildman–Crippen MR) is 77.2 cm³/mol. The van der Waals surface area contributed by atoms with Crippen LogP contribution in [0.4, 0.5) is 18.9 Å². The highest BCUT2D eigenvalue weighted by molar-refractivity contribution is 6.39. The van der Waals surface area contributed by atoms with E-state index in [4.69, 9.17) is 4.42 Å². The molecule has 0 aliphatic carbocycles. The maximum atomic E-state index is 12.0. The number of halogens is 3. The number of carbonyl (C=O) groups is 2. The molecule has 0 spiro atoms. The fourth-order valence-electron chi connectivity index (χ4n) is 1.76. The summed E-state index contributed by atoms with van der Waals surface area (Å²) in [6, 6.07) is 6.17. The van der Waals surface area contributed by atoms with Gasteiger partial charge in [-0.05, 0) is 42.3 Å². The Balaban J connectivity index is 1.79. The van der Waals surface area contributed by atoms with Crippen LogP contribution in [0, 0.1) is 0 Å². The lowest BCUT2D eigenvalue weighted by molar-refractivity contribution is -0.274. The summed E-state index contributed by atoms with van der Waals surface area (Å²) in [4.78, 5) is 23.3. The summed E-state index contributed by atoms with van der Waals surface area (Å²) in [6.07, 6.45) is -1.27. The zero-order chi connectivity index (χ0) is 17.6. The normalized spacial score (nSPS) is 11.0. The number of amides is 2. The van der Waals surface area contributed by atoms with E-state index in [-0.39, 0.29) is 12.2 Å². The van der Waals surface area contributed by atoms with Gasteiger partial charge in [0.2, 0.25) is 0 Å². The van der Waals surface area contributed by atoms with E-state index in [0.717, 1.165) is 17.7 Å². The van der Waals surface area contributed by atoms with Crippen molar-refractivity contribution >= 4 is 17.5 Å². The van der Waals surface area contributed by atoms with Crippen molar-refractivity contribution in [2.75, 3.05) is 11.9 Å². The Hall–Kier alpha value is -2.97. The first-order valence-electron chi connectivity index (χ1n) is 6.79. The van der Waals surface area contributed by atoms with Gasteiger partial charge in [-0.15, -0.1) is 13.2 Å². The quantitative estimate of drug-likeness (QED) is 0.818. The molecule has 24 heavy (non-hydrogen) atoms. The number of nitrogens with one attached hydrogen (secondary N) is 2. The van der Waals surface area contributed by atoms with Crippen LogP contribution in [-0.2, 0) is 16.0 Å². The van der Waals surface area contributed by atoms with Crippen molar-refractivity contribution in [2.45, 2.75) is 12.8 Å². The van der Waals surface area contributed by atoms with Crippen LogP contribution >= 0.6 is 0 Å². The molecule has 128 valence electrons. The van der Waals surface area contributed by atoms with Crippen LogP contribution in [0.1, 0.15) is 5.56 Å². The second-order valence-electron chi connectivity index (χ2n) is 4.66. The van der Waals surface area contributed by atoms with Crippen LogP contribution in [0.3, 0.4) is 0 Å². The molecule has 9 heteroatoms. The number of hydrogen-bond donors (Lipinski definition) is 2. The summed E-state index contributed by atoms with van der Waals surface area (Å²) in [5.41, 5.74) is 1.04. The molecule has 1 aromatic heterocycles. The second kappa shape index (κ2) is 7.53. The molecule has 0 fully saturated rings. The highest BCUT2D eigenvalue weighted by Gasteiger charge is 2.31. The van der Waals surface area contributed by atoms with E-state index in [1.165, 1.54) is 24.7 Å². The minimum Gasteiger partial charge on any atom is -0.472 e. The Morgan fingerprint density at radius 1 is 1.08 bits per heavy atom. The smallest absolute Gasteiger partial charge is 0.472 e. The molecule has 2 N–H and O–H groups in total. The molecular formula is C15H13F3N2O4. The zero-order valence-corrected chi connectivity index (χ0v) is 12.2. The van der Waals surface area contributed by atoms with E-state index in [1.807, 2.05) is 0 Å². The highest BCUT2D eigenvalue weighted by Crippen LogP contribution is 2.23. The fourth-order valence-corrected chi connectivity index (χ4v) is 1.76. The van der Waals surface area contributed by atoms with E-state index < -0.39 is 23.9 Å². The SMILES string of the molecule is O=C(NCCc1ccoc1)C(=O)Nc1ccc(OC(F)(F)F)cc1. The molecule has 0 aliphatic heterocycles. The van der Waals surface area contributed by atoms with Gasteiger partial charge in [0.1, 0.15) is 5.75 Å². The number of rotatable bonds is 5. The molecule has 6 nitrogen and oxygen atoms in total. The maximum absolute atomic E-state index is 12.0. The molecule has 2 rings (SSSR count). The van der Waals surface area contributed by atoms with Crippen molar-refractivity contribution in [1.82, 2.24) is 5.32 Å². The molecule has 2 aromatic rings. The largest absolute Gasteiger partial charge is 0.573 e. The topological polar surface area (TPSA) is 80.6 Å². The summed E-state index contributed by atoms with van der Waals surface area (Å²) in [5, 5.41) is 4.69. The van der Waals surface area contributed by atoms with Crippen molar-refractivity contribution in [3.8, 4) is 5.75 Å². The van der Waals surface area contributed by atoms with E-state index in [9.17, 15) is 22.8 Å². The van der Waals surface area contributed by atoms with Gasteiger partial charge in [0.15, 0.2) is 0 Å². The number of furan rings is 1. The van der Waals surface area contributed by atoms with E-state index in [0.29, 0.717) is 6.42 Å². The lowest BCUT2D eigenvalue weighted by Crippen LogP contribution is -2.36. The molecule has 0 saturated carbocycles. The van der Waals surface area contributed by atoms with Crippen molar-refractivity contribution in [3.63, 3.8) is 0 Å². The third kappa shape index (κ3) is 5.67. The van der Waals surface area contributed by atoms with E-state index in [2.05, 4.69) is 15.4 Å². The summed E-state index contributed by atoms with van der Waals surface area (Å²) in [6.45, 7) is 0.240. The van der Waals surface area contributed by atoms with Crippen molar-refractivity contribution in [3.05, 3.63) is 48.4 Å². The average molecular weight is 342 g/mol. The lowest BCUT2D eigenvalue weighted by Gasteiger charge is -2.10. The number of hydrogen-bond acceptors (Lipinski definition) is 4. The Morgan fingerprint density at radius 3 is 2.38 bits per heavy atom. The first-order chi connectivity index (χ1) is 11.3. The highest BCUT2D eigenvalue weighted by atomic mass is 19.4. The average Bonchev–Trinajstić information content (AvgIpc) is 3.01. The number of benzene rings is 1. The Kier molecular flexibility index (Phi) is 5.46. The van der Waals surface area contributed by atoms with Gasteiger partial charge < -0.3 is 19.8 Å². The third-order valence-corrected chi connectivity index (χ3v) is 2.83. The molecule has 1 aromatic carbocycles. The van der Waals surface area contributed by atoms with Crippen LogP contribution in [0.15, 0.2) is 47.3 Å². The van der Waals surface area contributed by atoms with Gasteiger partial charge in [-0.25, -0.2) is 0 Å². The second-order valence-corrected chi connectivity index (χ2v) is 4.66. The summed E-state index contributed by atoms with van der Waals surface area (Å²) in [5.74, 6) is -2.20. The van der Waals surface area contributed by atoms with Crippen LogP contribution in [0.5, 0.6) is 5.75 Å². The minimum absolute atomic E-state index is 0.166. The van der Waals surface area contributed by atoms with Gasteiger partial charge in [0, 0.05) is 12.2 Å². The van der Waals surface area contributed by atoms with Crippen molar-refractivity contribution < 1.29 is 31.9 Å². The first kappa shape index (κ1) is 17.4.